The van der Waals surface area contributed by atoms with E-state index in [1.165, 1.54) is 12.1 Å². The third-order valence-corrected chi connectivity index (χ3v) is 3.96. The summed E-state index contributed by atoms with van der Waals surface area (Å²) in [5, 5.41) is 5.32. The van der Waals surface area contributed by atoms with E-state index in [2.05, 4.69) is 5.10 Å². The zero-order chi connectivity index (χ0) is 16.0. The lowest BCUT2D eigenvalue weighted by Crippen LogP contribution is -1.99. The fourth-order valence-corrected chi connectivity index (χ4v) is 2.90. The second-order valence-electron chi connectivity index (χ2n) is 6.00. The molecular formula is C18H18F2N2. The highest BCUT2D eigenvalue weighted by Crippen LogP contribution is 2.33. The maximum Gasteiger partial charge on any atom is 0.130 e. The molecule has 22 heavy (non-hydrogen) atoms. The van der Waals surface area contributed by atoms with Gasteiger partial charge in [-0.15, -0.1) is 0 Å². The Hall–Kier alpha value is -2.23. The number of hydrogen-bond acceptors (Lipinski definition) is 1. The molecule has 1 heterocycles. The van der Waals surface area contributed by atoms with Gasteiger partial charge in [-0.25, -0.2) is 8.78 Å². The number of hydrogen-bond donors (Lipinski definition) is 0. The highest BCUT2D eigenvalue weighted by molar-refractivity contribution is 5.96. The normalized spacial score (nSPS) is 11.6. The molecule has 0 unspecified atom stereocenters. The lowest BCUT2D eigenvalue weighted by atomic mass is 9.95. The van der Waals surface area contributed by atoms with E-state index in [4.69, 9.17) is 0 Å². The molecule has 1 aromatic heterocycles. The maximum atomic E-state index is 14.3. The van der Waals surface area contributed by atoms with Crippen molar-refractivity contribution in [1.29, 1.82) is 0 Å². The summed E-state index contributed by atoms with van der Waals surface area (Å²) in [5.74, 6) is -1.18. The molecule has 0 amide bonds. The van der Waals surface area contributed by atoms with Gasteiger partial charge in [0.2, 0.25) is 0 Å². The third-order valence-electron chi connectivity index (χ3n) is 3.96. The molecular weight excluding hydrogens is 282 g/mol. The summed E-state index contributed by atoms with van der Waals surface area (Å²) in [4.78, 5) is 0. The van der Waals surface area contributed by atoms with Crippen molar-refractivity contribution in [1.82, 2.24) is 9.78 Å². The topological polar surface area (TPSA) is 17.8 Å². The fraction of sp³-hybridized carbons (Fsp3) is 0.278. The van der Waals surface area contributed by atoms with Crippen LogP contribution in [-0.4, -0.2) is 9.78 Å². The average Bonchev–Trinajstić information content (AvgIpc) is 2.80. The number of halogens is 2. The fourth-order valence-electron chi connectivity index (χ4n) is 2.90. The van der Waals surface area contributed by atoms with Gasteiger partial charge in [-0.2, -0.15) is 5.10 Å². The molecule has 0 saturated heterocycles. The van der Waals surface area contributed by atoms with Crippen LogP contribution in [0.3, 0.4) is 0 Å². The molecule has 0 N–H and O–H groups in total. The van der Waals surface area contributed by atoms with Crippen LogP contribution >= 0.6 is 0 Å². The average molecular weight is 300 g/mol. The van der Waals surface area contributed by atoms with Crippen molar-refractivity contribution in [3.63, 3.8) is 0 Å². The summed E-state index contributed by atoms with van der Waals surface area (Å²) in [7, 11) is 1.84. The van der Waals surface area contributed by atoms with Gasteiger partial charge in [-0.3, -0.25) is 4.68 Å². The Morgan fingerprint density at radius 2 is 1.73 bits per heavy atom. The van der Waals surface area contributed by atoms with Crippen molar-refractivity contribution < 1.29 is 8.78 Å². The van der Waals surface area contributed by atoms with Crippen LogP contribution in [0.25, 0.3) is 22.0 Å². The predicted molar refractivity (Wildman–Crippen MR) is 84.9 cm³/mol. The Morgan fingerprint density at radius 1 is 1.09 bits per heavy atom. The van der Waals surface area contributed by atoms with Gasteiger partial charge in [0.1, 0.15) is 11.6 Å². The minimum absolute atomic E-state index is 0.137. The van der Waals surface area contributed by atoms with Crippen LogP contribution in [0.15, 0.2) is 30.5 Å². The molecule has 0 atom stereocenters. The monoisotopic (exact) mass is 300 g/mol. The van der Waals surface area contributed by atoms with Gasteiger partial charge in [0, 0.05) is 24.2 Å². The zero-order valence-corrected chi connectivity index (χ0v) is 13.1. The summed E-state index contributed by atoms with van der Waals surface area (Å²) in [6.45, 7) is 5.54. The first-order valence-electron chi connectivity index (χ1n) is 7.30. The van der Waals surface area contributed by atoms with E-state index < -0.39 is 11.6 Å². The van der Waals surface area contributed by atoms with Crippen molar-refractivity contribution in [3.05, 3.63) is 53.2 Å². The van der Waals surface area contributed by atoms with Crippen LogP contribution in [-0.2, 0) is 7.05 Å². The number of aryl methyl sites for hydroxylation is 2. The van der Waals surface area contributed by atoms with E-state index >= 15 is 0 Å². The molecule has 0 aliphatic heterocycles. The molecule has 0 radical (unpaired) electrons. The van der Waals surface area contributed by atoms with Gasteiger partial charge in [0.25, 0.3) is 0 Å². The minimum Gasteiger partial charge on any atom is -0.275 e. The number of nitrogens with zero attached hydrogens (tertiary/aromatic N) is 2. The van der Waals surface area contributed by atoms with Gasteiger partial charge in [-0.1, -0.05) is 26.0 Å². The molecule has 0 aliphatic rings. The van der Waals surface area contributed by atoms with E-state index in [0.717, 1.165) is 22.0 Å². The molecule has 0 bridgehead atoms. The SMILES string of the molecule is Cc1ccc(-c2cc(F)c(C(C)C)c(F)c2)c2cn(C)nc12. The standard InChI is InChI=1S/C18H18F2N2/c1-10(2)17-15(19)7-12(8-16(17)20)13-6-5-11(3)18-14(13)9-22(4)21-18/h5-10H,1-4H3. The smallest absolute Gasteiger partial charge is 0.130 e. The highest BCUT2D eigenvalue weighted by Gasteiger charge is 2.17. The Labute approximate surface area is 128 Å². The summed E-state index contributed by atoms with van der Waals surface area (Å²) in [6.07, 6.45) is 1.88. The number of aromatic nitrogens is 2. The molecule has 0 aliphatic carbocycles. The second kappa shape index (κ2) is 5.20. The van der Waals surface area contributed by atoms with Crippen LogP contribution in [0.4, 0.5) is 8.78 Å². The molecule has 3 rings (SSSR count). The van der Waals surface area contributed by atoms with Crippen LogP contribution in [0.5, 0.6) is 0 Å². The molecule has 0 spiro atoms. The van der Waals surface area contributed by atoms with Crippen LogP contribution in [0.1, 0.15) is 30.9 Å². The molecule has 2 nitrogen and oxygen atoms in total. The Bertz CT molecular complexity index is 840. The molecule has 0 saturated carbocycles. The first-order chi connectivity index (χ1) is 10.4. The van der Waals surface area contributed by atoms with Gasteiger partial charge in [0.15, 0.2) is 0 Å². The molecule has 114 valence electrons. The number of fused-ring (bicyclic) bond motifs is 1. The Kier molecular flexibility index (Phi) is 3.47. The molecule has 0 fully saturated rings. The van der Waals surface area contributed by atoms with Gasteiger partial charge < -0.3 is 0 Å². The first-order valence-corrected chi connectivity index (χ1v) is 7.30. The van der Waals surface area contributed by atoms with E-state index in [-0.39, 0.29) is 11.5 Å². The molecule has 2 aromatic carbocycles. The first kappa shape index (κ1) is 14.7. The Morgan fingerprint density at radius 3 is 2.32 bits per heavy atom. The van der Waals surface area contributed by atoms with Crippen molar-refractivity contribution in [2.75, 3.05) is 0 Å². The Balaban J connectivity index is 2.26. The summed E-state index contributed by atoms with van der Waals surface area (Å²) < 4.78 is 30.3. The van der Waals surface area contributed by atoms with Crippen LogP contribution in [0.2, 0.25) is 0 Å². The van der Waals surface area contributed by atoms with Crippen LogP contribution in [0, 0.1) is 18.6 Å². The van der Waals surface area contributed by atoms with E-state index in [9.17, 15) is 8.78 Å². The van der Waals surface area contributed by atoms with Gasteiger partial charge in [0.05, 0.1) is 5.52 Å². The second-order valence-corrected chi connectivity index (χ2v) is 6.00. The third kappa shape index (κ3) is 2.28. The predicted octanol–water partition coefficient (Wildman–Crippen LogP) is 4.95. The number of benzene rings is 2. The van der Waals surface area contributed by atoms with E-state index in [1.807, 2.05) is 32.3 Å². The highest BCUT2D eigenvalue weighted by atomic mass is 19.1. The minimum atomic E-state index is -0.498. The summed E-state index contributed by atoms with van der Waals surface area (Å²) >= 11 is 0. The van der Waals surface area contributed by atoms with Crippen molar-refractivity contribution in [3.8, 4) is 11.1 Å². The van der Waals surface area contributed by atoms with Crippen LogP contribution < -0.4 is 0 Å². The molecule has 4 heteroatoms. The lowest BCUT2D eigenvalue weighted by molar-refractivity contribution is 0.542. The molecule has 3 aromatic rings. The summed E-state index contributed by atoms with van der Waals surface area (Å²) in [6, 6.07) is 6.64. The summed E-state index contributed by atoms with van der Waals surface area (Å²) in [5.41, 5.74) is 3.37. The maximum absolute atomic E-state index is 14.3. The largest absolute Gasteiger partial charge is 0.275 e. The van der Waals surface area contributed by atoms with Crippen molar-refractivity contribution in [2.45, 2.75) is 26.7 Å². The lowest BCUT2D eigenvalue weighted by Gasteiger charge is -2.12. The van der Waals surface area contributed by atoms with Gasteiger partial charge in [-0.05, 0) is 41.7 Å². The zero-order valence-electron chi connectivity index (χ0n) is 13.1. The van der Waals surface area contributed by atoms with E-state index in [0.29, 0.717) is 5.56 Å². The number of rotatable bonds is 2. The van der Waals surface area contributed by atoms with Crippen molar-refractivity contribution >= 4 is 10.9 Å². The quantitative estimate of drug-likeness (QED) is 0.654. The van der Waals surface area contributed by atoms with E-state index in [1.54, 1.807) is 18.5 Å². The van der Waals surface area contributed by atoms with Gasteiger partial charge >= 0.3 is 0 Å². The van der Waals surface area contributed by atoms with Crippen molar-refractivity contribution in [2.24, 2.45) is 7.05 Å².